The summed E-state index contributed by atoms with van der Waals surface area (Å²) in [5.74, 6) is -0.130. The first-order valence-corrected chi connectivity index (χ1v) is 9.89. The molecule has 0 spiro atoms. The Labute approximate surface area is 155 Å². The molecule has 0 bridgehead atoms. The van der Waals surface area contributed by atoms with Crippen LogP contribution in [0.1, 0.15) is 10.4 Å². The van der Waals surface area contributed by atoms with Gasteiger partial charge in [-0.2, -0.15) is 0 Å². The summed E-state index contributed by atoms with van der Waals surface area (Å²) in [5.41, 5.74) is 0.433. The van der Waals surface area contributed by atoms with E-state index in [1.165, 1.54) is 40.5 Å². The molecule has 0 unspecified atom stereocenters. The number of nitrogens with one attached hydrogen (secondary N) is 1. The van der Waals surface area contributed by atoms with Crippen molar-refractivity contribution in [2.45, 2.75) is 16.5 Å². The second-order valence-electron chi connectivity index (χ2n) is 4.67. The van der Waals surface area contributed by atoms with Crippen LogP contribution in [0.25, 0.3) is 0 Å². The molecule has 24 heavy (non-hydrogen) atoms. The van der Waals surface area contributed by atoms with Crippen LogP contribution in [0, 0.1) is 5.82 Å². The number of hydrogen-bond acceptors (Lipinski definition) is 6. The van der Waals surface area contributed by atoms with Crippen molar-refractivity contribution in [3.05, 3.63) is 57.0 Å². The van der Waals surface area contributed by atoms with Gasteiger partial charge in [0.1, 0.15) is 5.82 Å². The van der Waals surface area contributed by atoms with Crippen molar-refractivity contribution in [2.75, 3.05) is 5.32 Å². The second kappa shape index (κ2) is 8.06. The lowest BCUT2D eigenvalue weighted by molar-refractivity contribution is -0.115. The maximum atomic E-state index is 13.7. The second-order valence-corrected chi connectivity index (χ2v) is 8.31. The fraction of sp³-hybridized carbons (Fsp3) is 0.133. The van der Waals surface area contributed by atoms with Gasteiger partial charge in [-0.25, -0.2) is 4.39 Å². The number of benzene rings is 1. The van der Waals surface area contributed by atoms with E-state index in [0.717, 1.165) is 4.88 Å². The van der Waals surface area contributed by atoms with E-state index >= 15 is 0 Å². The highest BCUT2D eigenvalue weighted by molar-refractivity contribution is 8.00. The van der Waals surface area contributed by atoms with Crippen LogP contribution in [0.3, 0.4) is 0 Å². The maximum absolute atomic E-state index is 13.7. The number of thiophene rings is 1. The number of hydrogen-bond donors (Lipinski definition) is 1. The Morgan fingerprint density at radius 1 is 1.29 bits per heavy atom. The molecule has 3 aromatic rings. The van der Waals surface area contributed by atoms with Gasteiger partial charge in [0.15, 0.2) is 4.34 Å². The molecule has 0 radical (unpaired) electrons. The normalized spacial score (nSPS) is 10.8. The van der Waals surface area contributed by atoms with Gasteiger partial charge >= 0.3 is 0 Å². The van der Waals surface area contributed by atoms with Crippen LogP contribution >= 0.6 is 46.0 Å². The molecule has 2 aromatic heterocycles. The van der Waals surface area contributed by atoms with Crippen molar-refractivity contribution in [2.24, 2.45) is 0 Å². The molecule has 0 aliphatic rings. The standard InChI is InChI=1S/C15H11ClFN3OS3/c16-11-4-1-5-12(17)10(11)8-23-15-20-19-14(24-15)18-13(21)7-9-3-2-6-22-9/h1-6H,7-8H2,(H,18,19,21). The van der Waals surface area contributed by atoms with E-state index in [9.17, 15) is 9.18 Å². The number of anilines is 1. The first kappa shape index (κ1) is 17.3. The Balaban J connectivity index is 1.56. The van der Waals surface area contributed by atoms with Crippen LogP contribution in [0.4, 0.5) is 9.52 Å². The van der Waals surface area contributed by atoms with Gasteiger partial charge in [0, 0.05) is 21.2 Å². The van der Waals surface area contributed by atoms with Gasteiger partial charge in [-0.1, -0.05) is 46.8 Å². The fourth-order valence-corrected chi connectivity index (χ4v) is 4.67. The predicted octanol–water partition coefficient (Wildman–Crippen LogP) is 4.87. The average molecular weight is 400 g/mol. The molecule has 3 rings (SSSR count). The van der Waals surface area contributed by atoms with Crippen molar-refractivity contribution >= 4 is 57.1 Å². The van der Waals surface area contributed by atoms with E-state index in [1.807, 2.05) is 17.5 Å². The zero-order chi connectivity index (χ0) is 16.9. The van der Waals surface area contributed by atoms with E-state index < -0.39 is 0 Å². The molecule has 124 valence electrons. The number of carbonyl (C=O) groups excluding carboxylic acids is 1. The van der Waals surface area contributed by atoms with Crippen molar-refractivity contribution in [3.63, 3.8) is 0 Å². The molecular formula is C15H11ClFN3OS3. The van der Waals surface area contributed by atoms with Crippen LogP contribution in [0.15, 0.2) is 40.1 Å². The third kappa shape index (κ3) is 4.54. The fourth-order valence-electron chi connectivity index (χ4n) is 1.86. The molecule has 4 nitrogen and oxygen atoms in total. The maximum Gasteiger partial charge on any atom is 0.231 e. The number of aromatic nitrogens is 2. The van der Waals surface area contributed by atoms with Crippen molar-refractivity contribution < 1.29 is 9.18 Å². The van der Waals surface area contributed by atoms with Gasteiger partial charge in [0.25, 0.3) is 0 Å². The van der Waals surface area contributed by atoms with E-state index in [0.29, 0.717) is 32.2 Å². The van der Waals surface area contributed by atoms with Crippen LogP contribution in [0.2, 0.25) is 5.02 Å². The predicted molar refractivity (Wildman–Crippen MR) is 97.5 cm³/mol. The lowest BCUT2D eigenvalue weighted by atomic mass is 10.2. The highest BCUT2D eigenvalue weighted by atomic mass is 35.5. The molecule has 2 heterocycles. The van der Waals surface area contributed by atoms with Crippen LogP contribution in [0.5, 0.6) is 0 Å². The zero-order valence-electron chi connectivity index (χ0n) is 12.2. The van der Waals surface area contributed by atoms with E-state index in [2.05, 4.69) is 15.5 Å². The summed E-state index contributed by atoms with van der Waals surface area (Å²) in [6, 6.07) is 8.40. The number of rotatable bonds is 6. The number of thioether (sulfide) groups is 1. The minimum atomic E-state index is -0.344. The Morgan fingerprint density at radius 2 is 2.17 bits per heavy atom. The van der Waals surface area contributed by atoms with E-state index in [-0.39, 0.29) is 11.7 Å². The zero-order valence-corrected chi connectivity index (χ0v) is 15.4. The average Bonchev–Trinajstić information content (AvgIpc) is 3.19. The van der Waals surface area contributed by atoms with Crippen molar-refractivity contribution in [3.8, 4) is 0 Å². The number of carbonyl (C=O) groups is 1. The minimum Gasteiger partial charge on any atom is -0.300 e. The summed E-state index contributed by atoms with van der Waals surface area (Å²) in [4.78, 5) is 12.9. The van der Waals surface area contributed by atoms with Gasteiger partial charge in [-0.15, -0.1) is 21.5 Å². The number of halogens is 2. The molecule has 0 aliphatic heterocycles. The quantitative estimate of drug-likeness (QED) is 0.474. The third-order valence-corrected chi connectivity index (χ3v) is 6.20. The summed E-state index contributed by atoms with van der Waals surface area (Å²) in [5, 5.41) is 13.4. The third-order valence-electron chi connectivity index (χ3n) is 2.97. The molecule has 1 aromatic carbocycles. The van der Waals surface area contributed by atoms with Gasteiger partial charge in [0.05, 0.1) is 6.42 Å². The number of amides is 1. The molecule has 0 aliphatic carbocycles. The minimum absolute atomic E-state index is 0.137. The lowest BCUT2D eigenvalue weighted by Crippen LogP contribution is -2.13. The summed E-state index contributed by atoms with van der Waals surface area (Å²) < 4.78 is 14.4. The summed E-state index contributed by atoms with van der Waals surface area (Å²) in [7, 11) is 0. The highest BCUT2D eigenvalue weighted by Gasteiger charge is 2.12. The Morgan fingerprint density at radius 3 is 2.92 bits per heavy atom. The first-order chi connectivity index (χ1) is 11.6. The van der Waals surface area contributed by atoms with Crippen molar-refractivity contribution in [1.29, 1.82) is 0 Å². The molecule has 0 fully saturated rings. The highest BCUT2D eigenvalue weighted by Crippen LogP contribution is 2.31. The largest absolute Gasteiger partial charge is 0.300 e. The van der Waals surface area contributed by atoms with Gasteiger partial charge < -0.3 is 5.32 Å². The molecule has 1 amide bonds. The molecule has 9 heteroatoms. The first-order valence-electron chi connectivity index (χ1n) is 6.83. The number of nitrogens with zero attached hydrogens (tertiary/aromatic N) is 2. The Bertz CT molecular complexity index is 818. The molecule has 0 saturated carbocycles. The SMILES string of the molecule is O=C(Cc1cccs1)Nc1nnc(SCc2c(F)cccc2Cl)s1. The van der Waals surface area contributed by atoms with Crippen LogP contribution < -0.4 is 5.32 Å². The summed E-state index contributed by atoms with van der Waals surface area (Å²) in [6.07, 6.45) is 0.310. The molecule has 0 atom stereocenters. The Hall–Kier alpha value is -1.48. The van der Waals surface area contributed by atoms with Crippen LogP contribution in [-0.4, -0.2) is 16.1 Å². The molecular weight excluding hydrogens is 389 g/mol. The summed E-state index contributed by atoms with van der Waals surface area (Å²) in [6.45, 7) is 0. The van der Waals surface area contributed by atoms with Gasteiger partial charge in [-0.05, 0) is 23.6 Å². The summed E-state index contributed by atoms with van der Waals surface area (Å²) >= 11 is 10.1. The Kier molecular flexibility index (Phi) is 5.83. The molecule has 0 saturated heterocycles. The van der Waals surface area contributed by atoms with Gasteiger partial charge in [0.2, 0.25) is 11.0 Å². The van der Waals surface area contributed by atoms with Crippen LogP contribution in [-0.2, 0) is 17.0 Å². The topological polar surface area (TPSA) is 54.9 Å². The van der Waals surface area contributed by atoms with E-state index in [4.69, 9.17) is 11.6 Å². The van der Waals surface area contributed by atoms with Gasteiger partial charge in [-0.3, -0.25) is 4.79 Å². The van der Waals surface area contributed by atoms with E-state index in [1.54, 1.807) is 12.1 Å². The lowest BCUT2D eigenvalue weighted by Gasteiger charge is -2.03. The smallest absolute Gasteiger partial charge is 0.231 e. The van der Waals surface area contributed by atoms with Crippen molar-refractivity contribution in [1.82, 2.24) is 10.2 Å². The molecule has 1 N–H and O–H groups in total. The monoisotopic (exact) mass is 399 g/mol.